The number of esters is 1. The van der Waals surface area contributed by atoms with Gasteiger partial charge in [-0.3, -0.25) is 14.9 Å². The molecule has 1 amide bonds. The van der Waals surface area contributed by atoms with Crippen LogP contribution in [0.3, 0.4) is 0 Å². The Kier molecular flexibility index (Phi) is 7.60. The zero-order chi connectivity index (χ0) is 27.4. The van der Waals surface area contributed by atoms with Crippen molar-refractivity contribution in [3.05, 3.63) is 117 Å². The first kappa shape index (κ1) is 26.0. The van der Waals surface area contributed by atoms with Crippen LogP contribution in [0.15, 0.2) is 99.1 Å². The van der Waals surface area contributed by atoms with Crippen LogP contribution in [-0.4, -0.2) is 33.5 Å². The number of amides is 1. The molecule has 2 aliphatic rings. The molecule has 2 aliphatic heterocycles. The molecular weight excluding hydrogens is 520 g/mol. The van der Waals surface area contributed by atoms with E-state index in [9.17, 15) is 19.7 Å². The number of nitrogens with one attached hydrogen (secondary N) is 1. The fraction of sp³-hybridized carbons (Fsp3) is 0.179. The van der Waals surface area contributed by atoms with Crippen LogP contribution in [0.5, 0.6) is 0 Å². The van der Waals surface area contributed by atoms with Gasteiger partial charge in [-0.2, -0.15) is 0 Å². The predicted molar refractivity (Wildman–Crippen MR) is 146 cm³/mol. The van der Waals surface area contributed by atoms with Gasteiger partial charge < -0.3 is 19.4 Å². The van der Waals surface area contributed by atoms with Crippen molar-refractivity contribution < 1.29 is 23.7 Å². The summed E-state index contributed by atoms with van der Waals surface area (Å²) < 4.78 is 10.8. The molecule has 1 N–H and O–H groups in total. The lowest BCUT2D eigenvalue weighted by Gasteiger charge is -2.36. The summed E-state index contributed by atoms with van der Waals surface area (Å²) in [6.45, 7) is 2.07. The van der Waals surface area contributed by atoms with Crippen molar-refractivity contribution in [2.24, 2.45) is 4.99 Å². The predicted octanol–water partition coefficient (Wildman–Crippen LogP) is 5.17. The number of aliphatic imine (C=N–C) groups is 1. The first-order valence-electron chi connectivity index (χ1n) is 12.2. The van der Waals surface area contributed by atoms with Gasteiger partial charge in [0.25, 0.3) is 5.69 Å². The third kappa shape index (κ3) is 5.48. The summed E-state index contributed by atoms with van der Waals surface area (Å²) in [6.07, 6.45) is 1.53. The first-order valence-corrected chi connectivity index (χ1v) is 13.1. The molecule has 0 saturated carbocycles. The lowest BCUT2D eigenvalue weighted by Crippen LogP contribution is -2.38. The van der Waals surface area contributed by atoms with Crippen LogP contribution in [0, 0.1) is 10.1 Å². The van der Waals surface area contributed by atoms with Crippen molar-refractivity contribution in [2.75, 3.05) is 6.61 Å². The number of nitro benzene ring substituents is 1. The molecule has 0 saturated heterocycles. The van der Waals surface area contributed by atoms with Gasteiger partial charge in [0.1, 0.15) is 5.76 Å². The topological polar surface area (TPSA) is 127 Å². The van der Waals surface area contributed by atoms with Gasteiger partial charge in [-0.15, -0.1) is 0 Å². The van der Waals surface area contributed by atoms with Crippen molar-refractivity contribution in [3.63, 3.8) is 0 Å². The Labute approximate surface area is 228 Å². The van der Waals surface area contributed by atoms with E-state index in [1.807, 2.05) is 35.7 Å². The molecule has 0 spiro atoms. The molecule has 0 bridgehead atoms. The Balaban J connectivity index is 1.58. The van der Waals surface area contributed by atoms with Crippen molar-refractivity contribution in [3.8, 4) is 0 Å². The molecular formula is C28H24N4O6S. The van der Waals surface area contributed by atoms with Crippen molar-refractivity contribution in [2.45, 2.75) is 25.9 Å². The van der Waals surface area contributed by atoms with E-state index >= 15 is 0 Å². The second-order valence-corrected chi connectivity index (χ2v) is 9.46. The Morgan fingerprint density at radius 2 is 1.97 bits per heavy atom. The van der Waals surface area contributed by atoms with E-state index in [0.29, 0.717) is 33.4 Å². The summed E-state index contributed by atoms with van der Waals surface area (Å²) in [6, 6.07) is 18.0. The highest BCUT2D eigenvalue weighted by Crippen LogP contribution is 2.47. The molecule has 11 heteroatoms. The van der Waals surface area contributed by atoms with E-state index in [1.165, 1.54) is 30.2 Å². The summed E-state index contributed by atoms with van der Waals surface area (Å²) in [5.41, 5.74) is 2.33. The van der Waals surface area contributed by atoms with Crippen molar-refractivity contribution in [1.29, 1.82) is 0 Å². The number of carbonyl (C=O) groups is 2. The highest BCUT2D eigenvalue weighted by Gasteiger charge is 2.42. The number of fused-ring (bicyclic) bond motifs is 1. The minimum Gasteiger partial charge on any atom is -0.467 e. The monoisotopic (exact) mass is 544 g/mol. The molecule has 2 aromatic carbocycles. The highest BCUT2D eigenvalue weighted by atomic mass is 32.2. The molecule has 3 aromatic rings. The second-order valence-electron chi connectivity index (χ2n) is 8.63. The molecule has 3 heterocycles. The minimum atomic E-state index is -0.814. The molecule has 39 heavy (non-hydrogen) atoms. The summed E-state index contributed by atoms with van der Waals surface area (Å²) >= 11 is 1.32. The van der Waals surface area contributed by atoms with E-state index < -0.39 is 16.9 Å². The van der Waals surface area contributed by atoms with Gasteiger partial charge in [0.05, 0.1) is 48.1 Å². The molecule has 5 rings (SSSR count). The van der Waals surface area contributed by atoms with E-state index in [2.05, 4.69) is 5.32 Å². The van der Waals surface area contributed by atoms with Gasteiger partial charge in [0.15, 0.2) is 5.17 Å². The number of ether oxygens (including phenoxy) is 1. The fourth-order valence-electron chi connectivity index (χ4n) is 4.44. The Morgan fingerprint density at radius 1 is 1.15 bits per heavy atom. The van der Waals surface area contributed by atoms with Crippen LogP contribution in [0.4, 0.5) is 5.69 Å². The molecule has 198 valence electrons. The van der Waals surface area contributed by atoms with Crippen LogP contribution >= 0.6 is 11.8 Å². The Morgan fingerprint density at radius 3 is 2.69 bits per heavy atom. The number of carbonyl (C=O) groups excluding carboxylic acids is 2. The Bertz CT molecular complexity index is 1500. The second kappa shape index (κ2) is 11.4. The van der Waals surface area contributed by atoms with E-state index in [-0.39, 0.29) is 36.7 Å². The lowest BCUT2D eigenvalue weighted by molar-refractivity contribution is -0.384. The number of nitrogens with zero attached hydrogens (tertiary/aromatic N) is 3. The quantitative estimate of drug-likeness (QED) is 0.222. The number of furan rings is 1. The molecule has 1 unspecified atom stereocenters. The van der Waals surface area contributed by atoms with Crippen molar-refractivity contribution >= 4 is 40.2 Å². The maximum atomic E-state index is 13.5. The van der Waals surface area contributed by atoms with Crippen molar-refractivity contribution in [1.82, 2.24) is 10.2 Å². The van der Waals surface area contributed by atoms with Gasteiger partial charge in [0, 0.05) is 23.4 Å². The highest BCUT2D eigenvalue weighted by molar-refractivity contribution is 8.16. The third-order valence-corrected chi connectivity index (χ3v) is 7.02. The molecule has 10 nitrogen and oxygen atoms in total. The number of benzene rings is 2. The fourth-order valence-corrected chi connectivity index (χ4v) is 5.36. The number of hydrogen-bond donors (Lipinski definition) is 1. The summed E-state index contributed by atoms with van der Waals surface area (Å²) in [4.78, 5) is 44.2. The van der Waals surface area contributed by atoms with Gasteiger partial charge in [-0.25, -0.2) is 9.79 Å². The third-order valence-electron chi connectivity index (χ3n) is 6.13. The lowest BCUT2D eigenvalue weighted by atomic mass is 9.91. The largest absolute Gasteiger partial charge is 0.467 e. The molecule has 1 aromatic heterocycles. The average Bonchev–Trinajstić information content (AvgIpc) is 3.62. The van der Waals surface area contributed by atoms with Crippen LogP contribution in [-0.2, 0) is 20.9 Å². The number of rotatable bonds is 9. The number of non-ortho nitro benzene ring substituents is 1. The zero-order valence-corrected chi connectivity index (χ0v) is 21.7. The van der Waals surface area contributed by atoms with Crippen LogP contribution in [0.2, 0.25) is 0 Å². The van der Waals surface area contributed by atoms with Gasteiger partial charge in [-0.05, 0) is 30.0 Å². The van der Waals surface area contributed by atoms with E-state index in [1.54, 1.807) is 36.1 Å². The molecule has 0 radical (unpaired) electrons. The Hall–Kier alpha value is -4.64. The number of hydrogen-bond acceptors (Lipinski definition) is 9. The summed E-state index contributed by atoms with van der Waals surface area (Å²) in [7, 11) is 0. The van der Waals surface area contributed by atoms with E-state index in [4.69, 9.17) is 14.1 Å². The normalized spacial score (nSPS) is 16.3. The zero-order valence-electron chi connectivity index (χ0n) is 20.9. The van der Waals surface area contributed by atoms with Gasteiger partial charge >= 0.3 is 5.97 Å². The number of amidine groups is 1. The maximum absolute atomic E-state index is 13.5. The van der Waals surface area contributed by atoms with Crippen LogP contribution < -0.4 is 5.32 Å². The summed E-state index contributed by atoms with van der Waals surface area (Å²) in [5.74, 6) is -0.227. The number of nitro groups is 1. The van der Waals surface area contributed by atoms with Gasteiger partial charge in [0.2, 0.25) is 5.91 Å². The van der Waals surface area contributed by atoms with Crippen LogP contribution in [0.25, 0.3) is 5.70 Å². The average molecular weight is 545 g/mol. The minimum absolute atomic E-state index is 0.00503. The maximum Gasteiger partial charge on any atom is 0.338 e. The number of thioether (sulfide) groups is 1. The SMILES string of the molecule is CCOC(=O)C1=C(c2ccccc2)N=C2SC=C(CC(=O)NCc3ccco3)N2C1c1cccc([N+](=O)[O-])c1. The molecule has 1 atom stereocenters. The van der Waals surface area contributed by atoms with Crippen LogP contribution in [0.1, 0.15) is 36.3 Å². The molecule has 0 aliphatic carbocycles. The first-order chi connectivity index (χ1) is 19.0. The van der Waals surface area contributed by atoms with Gasteiger partial charge in [-0.1, -0.05) is 54.2 Å². The van der Waals surface area contributed by atoms with E-state index in [0.717, 1.165) is 0 Å². The smallest absolute Gasteiger partial charge is 0.338 e. The molecule has 0 fully saturated rings. The standard InChI is InChI=1S/C28H24N4O6S/c1-2-37-27(34)24-25(18-8-4-3-5-9-18)30-28-31(26(24)19-10-6-11-20(14-19)32(35)36)21(17-39-28)15-23(33)29-16-22-12-7-13-38-22/h3-14,17,26H,2,15-16H2,1H3,(H,29,33). The summed E-state index contributed by atoms with van der Waals surface area (Å²) in [5, 5.41) is 16.8.